The number of anilines is 1. The van der Waals surface area contributed by atoms with Crippen LogP contribution in [0.15, 0.2) is 42.0 Å². The van der Waals surface area contributed by atoms with E-state index in [-0.39, 0.29) is 0 Å². The molecule has 0 bridgehead atoms. The predicted molar refractivity (Wildman–Crippen MR) is 123 cm³/mol. The third-order valence-electron chi connectivity index (χ3n) is 4.82. The molecule has 4 rings (SSSR count). The molecule has 0 saturated heterocycles. The topological polar surface area (TPSA) is 61.2 Å². The number of fused-ring (bicyclic) bond motifs is 1. The molecule has 0 aliphatic rings. The second kappa shape index (κ2) is 8.93. The number of halogens is 1. The molecule has 8 heteroatoms. The van der Waals surface area contributed by atoms with Gasteiger partial charge in [-0.05, 0) is 32.0 Å². The van der Waals surface area contributed by atoms with Crippen molar-refractivity contribution in [3.05, 3.63) is 52.8 Å². The highest BCUT2D eigenvalue weighted by molar-refractivity contribution is 7.13. The van der Waals surface area contributed by atoms with E-state index in [9.17, 15) is 0 Å². The Labute approximate surface area is 184 Å². The molecule has 6 nitrogen and oxygen atoms in total. The lowest BCUT2D eigenvalue weighted by molar-refractivity contribution is 0.342. The summed E-state index contributed by atoms with van der Waals surface area (Å²) >= 11 is 7.89. The fourth-order valence-electron chi connectivity index (χ4n) is 3.47. The van der Waals surface area contributed by atoms with E-state index in [0.717, 1.165) is 51.0 Å². The molecule has 0 aliphatic heterocycles. The molecule has 156 valence electrons. The van der Waals surface area contributed by atoms with Gasteiger partial charge in [0.25, 0.3) is 0 Å². The summed E-state index contributed by atoms with van der Waals surface area (Å²) in [5.74, 6) is 2.45. The van der Waals surface area contributed by atoms with E-state index < -0.39 is 0 Å². The minimum absolute atomic E-state index is 0.650. The van der Waals surface area contributed by atoms with Crippen molar-refractivity contribution < 1.29 is 9.47 Å². The summed E-state index contributed by atoms with van der Waals surface area (Å²) in [5, 5.41) is 7.11. The zero-order valence-corrected chi connectivity index (χ0v) is 18.7. The van der Waals surface area contributed by atoms with Gasteiger partial charge in [-0.3, -0.25) is 0 Å². The highest BCUT2D eigenvalue weighted by atomic mass is 35.5. The summed E-state index contributed by atoms with van der Waals surface area (Å²) in [5.41, 5.74) is 3.09. The molecule has 0 amide bonds. The Morgan fingerprint density at radius 2 is 2.03 bits per heavy atom. The normalized spacial score (nSPS) is 11.1. The van der Waals surface area contributed by atoms with E-state index in [1.165, 1.54) is 0 Å². The van der Waals surface area contributed by atoms with Crippen LogP contribution in [0.4, 0.5) is 5.82 Å². The van der Waals surface area contributed by atoms with Gasteiger partial charge in [0.1, 0.15) is 23.6 Å². The molecule has 0 atom stereocenters. The molecular formula is C22H23ClN4O2S. The number of thiophene rings is 1. The zero-order chi connectivity index (χ0) is 21.1. The van der Waals surface area contributed by atoms with Crippen molar-refractivity contribution in [1.29, 1.82) is 0 Å². The van der Waals surface area contributed by atoms with E-state index >= 15 is 0 Å². The molecule has 3 heterocycles. The predicted octanol–water partition coefficient (Wildman–Crippen LogP) is 5.64. The van der Waals surface area contributed by atoms with Crippen LogP contribution < -0.4 is 14.8 Å². The monoisotopic (exact) mass is 442 g/mol. The van der Waals surface area contributed by atoms with Crippen LogP contribution in [-0.4, -0.2) is 34.8 Å². The molecule has 0 spiro atoms. The average molecular weight is 443 g/mol. The number of benzene rings is 1. The number of ether oxygens (including phenoxy) is 2. The fourth-order valence-corrected chi connectivity index (χ4v) is 4.47. The zero-order valence-electron chi connectivity index (χ0n) is 17.1. The molecular weight excluding hydrogens is 420 g/mol. The molecule has 0 saturated carbocycles. The summed E-state index contributed by atoms with van der Waals surface area (Å²) in [6.45, 7) is 6.19. The quantitative estimate of drug-likeness (QED) is 0.382. The van der Waals surface area contributed by atoms with Gasteiger partial charge in [0, 0.05) is 46.7 Å². The van der Waals surface area contributed by atoms with E-state index in [2.05, 4.69) is 32.8 Å². The molecule has 0 radical (unpaired) electrons. The standard InChI is InChI=1S/C22H23ClN4O2S/c1-4-29-16-10-21(30-12-16)18-11-22(26-13-25-18)24-5-6-27-14(2)7-17-19(27)8-15(23)9-20(17)28-3/h7-13H,4-6H2,1-3H3,(H,24,25,26). The Morgan fingerprint density at radius 3 is 2.83 bits per heavy atom. The van der Waals surface area contributed by atoms with Crippen molar-refractivity contribution in [3.63, 3.8) is 0 Å². The average Bonchev–Trinajstić information content (AvgIpc) is 3.33. The minimum atomic E-state index is 0.650. The number of nitrogens with one attached hydrogen (secondary N) is 1. The van der Waals surface area contributed by atoms with Gasteiger partial charge in [-0.2, -0.15) is 0 Å². The van der Waals surface area contributed by atoms with Gasteiger partial charge in [-0.15, -0.1) is 11.3 Å². The summed E-state index contributed by atoms with van der Waals surface area (Å²) in [4.78, 5) is 9.80. The lowest BCUT2D eigenvalue weighted by Crippen LogP contribution is -2.12. The second-order valence-electron chi connectivity index (χ2n) is 6.77. The highest BCUT2D eigenvalue weighted by Crippen LogP contribution is 2.33. The van der Waals surface area contributed by atoms with Crippen molar-refractivity contribution in [2.45, 2.75) is 20.4 Å². The first-order valence-electron chi connectivity index (χ1n) is 9.70. The molecule has 4 aromatic rings. The largest absolute Gasteiger partial charge is 0.496 e. The first-order chi connectivity index (χ1) is 14.6. The maximum atomic E-state index is 6.28. The van der Waals surface area contributed by atoms with Gasteiger partial charge in [-0.1, -0.05) is 11.6 Å². The second-order valence-corrected chi connectivity index (χ2v) is 8.12. The van der Waals surface area contributed by atoms with Gasteiger partial charge in [0.2, 0.25) is 0 Å². The van der Waals surface area contributed by atoms with E-state index in [0.29, 0.717) is 18.2 Å². The highest BCUT2D eigenvalue weighted by Gasteiger charge is 2.12. The molecule has 1 N–H and O–H groups in total. The van der Waals surface area contributed by atoms with Gasteiger partial charge in [-0.25, -0.2) is 9.97 Å². The third kappa shape index (κ3) is 4.22. The first kappa shape index (κ1) is 20.5. The van der Waals surface area contributed by atoms with Crippen LogP contribution in [0.1, 0.15) is 12.6 Å². The van der Waals surface area contributed by atoms with Gasteiger partial charge >= 0.3 is 0 Å². The Kier molecular flexibility index (Phi) is 6.11. The molecule has 0 aliphatic carbocycles. The maximum absolute atomic E-state index is 6.28. The van der Waals surface area contributed by atoms with Crippen molar-refractivity contribution >= 4 is 39.7 Å². The van der Waals surface area contributed by atoms with Crippen molar-refractivity contribution in [1.82, 2.24) is 14.5 Å². The van der Waals surface area contributed by atoms with E-state index in [1.807, 2.05) is 36.6 Å². The van der Waals surface area contributed by atoms with Gasteiger partial charge in [0.05, 0.1) is 29.8 Å². The Bertz CT molecular complexity index is 1170. The molecule has 0 unspecified atom stereocenters. The number of hydrogen-bond acceptors (Lipinski definition) is 6. The summed E-state index contributed by atoms with van der Waals surface area (Å²) in [6.07, 6.45) is 1.58. The Balaban J connectivity index is 1.48. The van der Waals surface area contributed by atoms with Crippen LogP contribution >= 0.6 is 22.9 Å². The van der Waals surface area contributed by atoms with Crippen LogP contribution in [0.25, 0.3) is 21.5 Å². The molecule has 30 heavy (non-hydrogen) atoms. The van der Waals surface area contributed by atoms with Crippen LogP contribution in [0, 0.1) is 6.92 Å². The Morgan fingerprint density at radius 1 is 1.17 bits per heavy atom. The lowest BCUT2D eigenvalue weighted by atomic mass is 10.2. The van der Waals surface area contributed by atoms with Gasteiger partial charge < -0.3 is 19.4 Å². The van der Waals surface area contributed by atoms with Crippen LogP contribution in [0.2, 0.25) is 5.02 Å². The molecule has 1 aromatic carbocycles. The summed E-state index contributed by atoms with van der Waals surface area (Å²) in [7, 11) is 1.66. The summed E-state index contributed by atoms with van der Waals surface area (Å²) in [6, 6.07) is 9.91. The number of methoxy groups -OCH3 is 1. The smallest absolute Gasteiger partial charge is 0.130 e. The number of rotatable bonds is 8. The SMILES string of the molecule is CCOc1csc(-c2cc(NCCn3c(C)cc4c(OC)cc(Cl)cc43)ncn2)c1. The number of aromatic nitrogens is 3. The van der Waals surface area contributed by atoms with Crippen LogP contribution in [-0.2, 0) is 6.54 Å². The van der Waals surface area contributed by atoms with E-state index in [1.54, 1.807) is 24.8 Å². The van der Waals surface area contributed by atoms with Crippen molar-refractivity contribution in [3.8, 4) is 22.1 Å². The minimum Gasteiger partial charge on any atom is -0.496 e. The summed E-state index contributed by atoms with van der Waals surface area (Å²) < 4.78 is 13.3. The number of hydrogen-bond donors (Lipinski definition) is 1. The maximum Gasteiger partial charge on any atom is 0.130 e. The molecule has 3 aromatic heterocycles. The fraction of sp³-hybridized carbons (Fsp3) is 0.273. The van der Waals surface area contributed by atoms with Gasteiger partial charge in [0.15, 0.2) is 0 Å². The van der Waals surface area contributed by atoms with Crippen molar-refractivity contribution in [2.75, 3.05) is 25.6 Å². The van der Waals surface area contributed by atoms with Crippen molar-refractivity contribution in [2.24, 2.45) is 0 Å². The first-order valence-corrected chi connectivity index (χ1v) is 11.0. The Hall–Kier alpha value is -2.77. The lowest BCUT2D eigenvalue weighted by Gasteiger charge is -2.11. The third-order valence-corrected chi connectivity index (χ3v) is 5.97. The number of nitrogens with zero attached hydrogens (tertiary/aromatic N) is 3. The van der Waals surface area contributed by atoms with Crippen LogP contribution in [0.3, 0.4) is 0 Å². The number of aryl methyl sites for hydroxylation is 1. The van der Waals surface area contributed by atoms with E-state index in [4.69, 9.17) is 21.1 Å². The van der Waals surface area contributed by atoms with Crippen LogP contribution in [0.5, 0.6) is 11.5 Å². The molecule has 0 fully saturated rings.